The molecule has 5 nitrogen and oxygen atoms in total. The van der Waals surface area contributed by atoms with Gasteiger partial charge in [0, 0.05) is 11.3 Å². The topological polar surface area (TPSA) is 75.6 Å². The zero-order valence-electron chi connectivity index (χ0n) is 13.6. The number of nitriles is 1. The van der Waals surface area contributed by atoms with Crippen molar-refractivity contribution in [3.63, 3.8) is 0 Å². The first-order chi connectivity index (χ1) is 11.6. The molecule has 120 valence electrons. The molecule has 0 saturated carbocycles. The molecule has 0 spiro atoms. The van der Waals surface area contributed by atoms with Crippen molar-refractivity contribution >= 4 is 11.8 Å². The maximum atomic E-state index is 9.37. The molecule has 1 unspecified atom stereocenters. The number of hydrogen-bond donors (Lipinski definition) is 0. The van der Waals surface area contributed by atoms with Gasteiger partial charge in [-0.2, -0.15) is 5.26 Å². The number of pyridine rings is 1. The molecule has 0 radical (unpaired) electrons. The van der Waals surface area contributed by atoms with Gasteiger partial charge in [-0.05, 0) is 44.5 Å². The number of aryl methyl sites for hydroxylation is 2. The fourth-order valence-electron chi connectivity index (χ4n) is 2.34. The monoisotopic (exact) mass is 336 g/mol. The molecular weight excluding hydrogens is 320 g/mol. The molecule has 0 aliphatic heterocycles. The molecule has 0 saturated heterocycles. The van der Waals surface area contributed by atoms with Gasteiger partial charge in [0.15, 0.2) is 0 Å². The van der Waals surface area contributed by atoms with Crippen LogP contribution in [0.5, 0.6) is 0 Å². The van der Waals surface area contributed by atoms with Gasteiger partial charge in [0.25, 0.3) is 0 Å². The summed E-state index contributed by atoms with van der Waals surface area (Å²) in [6.45, 7) is 5.80. The van der Waals surface area contributed by atoms with E-state index in [0.717, 1.165) is 16.8 Å². The average Bonchev–Trinajstić information content (AvgIpc) is 3.05. The predicted octanol–water partition coefficient (Wildman–Crippen LogP) is 4.47. The molecule has 2 heterocycles. The lowest BCUT2D eigenvalue weighted by molar-refractivity contribution is 0.509. The van der Waals surface area contributed by atoms with Gasteiger partial charge in [-0.15, -0.1) is 10.2 Å². The van der Waals surface area contributed by atoms with Crippen molar-refractivity contribution in [2.75, 3.05) is 0 Å². The number of hydrogen-bond acceptors (Lipinski definition) is 6. The van der Waals surface area contributed by atoms with Gasteiger partial charge in [-0.25, -0.2) is 4.98 Å². The first-order valence-electron chi connectivity index (χ1n) is 7.52. The summed E-state index contributed by atoms with van der Waals surface area (Å²) in [7, 11) is 0. The second kappa shape index (κ2) is 6.85. The minimum absolute atomic E-state index is 0.101. The average molecular weight is 336 g/mol. The van der Waals surface area contributed by atoms with Crippen LogP contribution in [0.15, 0.2) is 45.8 Å². The van der Waals surface area contributed by atoms with Gasteiger partial charge in [0.05, 0.1) is 10.8 Å². The molecule has 0 N–H and O–H groups in total. The Balaban J connectivity index is 1.85. The summed E-state index contributed by atoms with van der Waals surface area (Å²) in [5, 5.41) is 18.2. The van der Waals surface area contributed by atoms with E-state index in [9.17, 15) is 5.26 Å². The Hall–Kier alpha value is -2.65. The molecule has 24 heavy (non-hydrogen) atoms. The van der Waals surface area contributed by atoms with Crippen LogP contribution in [0.2, 0.25) is 0 Å². The third-order valence-electron chi connectivity index (χ3n) is 3.52. The first kappa shape index (κ1) is 16.2. The van der Waals surface area contributed by atoms with Crippen molar-refractivity contribution in [1.29, 1.82) is 5.26 Å². The van der Waals surface area contributed by atoms with Crippen LogP contribution in [0.4, 0.5) is 0 Å². The van der Waals surface area contributed by atoms with Crippen LogP contribution in [0.3, 0.4) is 0 Å². The second-order valence-corrected chi connectivity index (χ2v) is 6.77. The maximum absolute atomic E-state index is 9.37. The lowest BCUT2D eigenvalue weighted by Gasteiger charge is -2.10. The van der Waals surface area contributed by atoms with E-state index in [4.69, 9.17) is 4.42 Å². The number of aromatic nitrogens is 3. The van der Waals surface area contributed by atoms with Crippen molar-refractivity contribution in [3.05, 3.63) is 59.1 Å². The first-order valence-corrected chi connectivity index (χ1v) is 8.40. The van der Waals surface area contributed by atoms with Gasteiger partial charge in [0.2, 0.25) is 11.8 Å². The zero-order chi connectivity index (χ0) is 17.1. The molecular formula is C18H16N4OS. The Bertz CT molecular complexity index is 899. The molecule has 6 heteroatoms. The van der Waals surface area contributed by atoms with E-state index in [0.29, 0.717) is 22.4 Å². The molecule has 2 aromatic heterocycles. The lowest BCUT2D eigenvalue weighted by atomic mass is 10.1. The smallest absolute Gasteiger partial charge is 0.247 e. The molecule has 0 aliphatic carbocycles. The zero-order valence-corrected chi connectivity index (χ0v) is 14.5. The quantitative estimate of drug-likeness (QED) is 0.654. The van der Waals surface area contributed by atoms with Crippen LogP contribution in [0.25, 0.3) is 11.5 Å². The van der Waals surface area contributed by atoms with Gasteiger partial charge in [-0.3, -0.25) is 0 Å². The molecule has 3 rings (SSSR count). The lowest BCUT2D eigenvalue weighted by Crippen LogP contribution is -1.97. The van der Waals surface area contributed by atoms with E-state index in [1.807, 2.05) is 57.2 Å². The van der Waals surface area contributed by atoms with Crippen molar-refractivity contribution in [3.8, 4) is 17.5 Å². The third-order valence-corrected chi connectivity index (χ3v) is 4.59. The molecule has 0 aliphatic rings. The minimum Gasteiger partial charge on any atom is -0.419 e. The largest absolute Gasteiger partial charge is 0.419 e. The predicted molar refractivity (Wildman–Crippen MR) is 92.4 cm³/mol. The summed E-state index contributed by atoms with van der Waals surface area (Å²) in [4.78, 5) is 4.49. The highest BCUT2D eigenvalue weighted by atomic mass is 32.2. The van der Waals surface area contributed by atoms with Crippen molar-refractivity contribution < 1.29 is 4.42 Å². The van der Waals surface area contributed by atoms with Crippen LogP contribution in [-0.4, -0.2) is 15.2 Å². The van der Waals surface area contributed by atoms with Crippen molar-refractivity contribution in [2.45, 2.75) is 31.0 Å². The molecule has 1 atom stereocenters. The molecule has 1 aromatic carbocycles. The van der Waals surface area contributed by atoms with Crippen LogP contribution in [0, 0.1) is 25.2 Å². The van der Waals surface area contributed by atoms with E-state index >= 15 is 0 Å². The Morgan fingerprint density at radius 2 is 1.92 bits per heavy atom. The Kier molecular flexibility index (Phi) is 4.63. The molecule has 3 aromatic rings. The van der Waals surface area contributed by atoms with Gasteiger partial charge < -0.3 is 4.42 Å². The Morgan fingerprint density at radius 3 is 2.62 bits per heavy atom. The maximum Gasteiger partial charge on any atom is 0.247 e. The van der Waals surface area contributed by atoms with E-state index in [-0.39, 0.29) is 5.25 Å². The minimum atomic E-state index is -0.101. The highest BCUT2D eigenvalue weighted by molar-refractivity contribution is 7.99. The number of nitrogens with zero attached hydrogens (tertiary/aromatic N) is 4. The SMILES string of the molecule is Cc1cc(C)c(C#N)c(SC(C)c2nnc(-c3ccccc3)o2)n1. The van der Waals surface area contributed by atoms with Crippen LogP contribution < -0.4 is 0 Å². The van der Waals surface area contributed by atoms with E-state index in [2.05, 4.69) is 21.3 Å². The standard InChI is InChI=1S/C18H16N4OS/c1-11-9-12(2)20-18(15(11)10-19)24-13(3)16-21-22-17(23-16)14-7-5-4-6-8-14/h4-9,13H,1-3H3. The third kappa shape index (κ3) is 3.31. The van der Waals surface area contributed by atoms with E-state index in [1.165, 1.54) is 11.8 Å². The Labute approximate surface area is 144 Å². The van der Waals surface area contributed by atoms with Gasteiger partial charge in [-0.1, -0.05) is 30.0 Å². The fourth-order valence-corrected chi connectivity index (χ4v) is 3.39. The summed E-state index contributed by atoms with van der Waals surface area (Å²) in [6.07, 6.45) is 0. The summed E-state index contributed by atoms with van der Waals surface area (Å²) in [6, 6.07) is 13.8. The summed E-state index contributed by atoms with van der Waals surface area (Å²) >= 11 is 1.45. The highest BCUT2D eigenvalue weighted by Crippen LogP contribution is 2.36. The normalized spacial score (nSPS) is 11.9. The van der Waals surface area contributed by atoms with Crippen LogP contribution >= 0.6 is 11.8 Å². The molecule has 0 fully saturated rings. The highest BCUT2D eigenvalue weighted by Gasteiger charge is 2.19. The van der Waals surface area contributed by atoms with E-state index in [1.54, 1.807) is 0 Å². The number of rotatable bonds is 4. The molecule has 0 bridgehead atoms. The van der Waals surface area contributed by atoms with Crippen molar-refractivity contribution in [2.24, 2.45) is 0 Å². The number of benzene rings is 1. The van der Waals surface area contributed by atoms with E-state index < -0.39 is 0 Å². The second-order valence-electron chi connectivity index (χ2n) is 5.44. The van der Waals surface area contributed by atoms with Crippen molar-refractivity contribution in [1.82, 2.24) is 15.2 Å². The van der Waals surface area contributed by atoms with Crippen LogP contribution in [-0.2, 0) is 0 Å². The summed E-state index contributed by atoms with van der Waals surface area (Å²) < 4.78 is 5.78. The number of thioether (sulfide) groups is 1. The summed E-state index contributed by atoms with van der Waals surface area (Å²) in [5.74, 6) is 1.01. The van der Waals surface area contributed by atoms with Crippen LogP contribution in [0.1, 0.15) is 34.9 Å². The fraction of sp³-hybridized carbons (Fsp3) is 0.222. The summed E-state index contributed by atoms with van der Waals surface area (Å²) in [5.41, 5.74) is 3.29. The van der Waals surface area contributed by atoms with Gasteiger partial charge in [0.1, 0.15) is 11.1 Å². The van der Waals surface area contributed by atoms with Gasteiger partial charge >= 0.3 is 0 Å². The molecule has 0 amide bonds. The Morgan fingerprint density at radius 1 is 1.17 bits per heavy atom.